The fourth-order valence-corrected chi connectivity index (χ4v) is 2.96. The van der Waals surface area contributed by atoms with Gasteiger partial charge in [-0.25, -0.2) is 0 Å². The third-order valence-corrected chi connectivity index (χ3v) is 4.37. The van der Waals surface area contributed by atoms with E-state index in [2.05, 4.69) is 19.2 Å². The monoisotopic (exact) mass is 290 g/mol. The maximum absolute atomic E-state index is 12.6. The molecule has 21 heavy (non-hydrogen) atoms. The number of likely N-dealkylation sites (tertiary alicyclic amines) is 1. The van der Waals surface area contributed by atoms with E-state index in [1.165, 1.54) is 0 Å². The zero-order chi connectivity index (χ0) is 15.4. The number of aliphatic hydroxyl groups excluding tert-OH is 1. The average molecular weight is 290 g/mol. The van der Waals surface area contributed by atoms with Crippen LogP contribution < -0.4 is 5.32 Å². The quantitative estimate of drug-likeness (QED) is 0.876. The Bertz CT molecular complexity index is 502. The number of aliphatic hydroxyl groups is 1. The molecule has 1 aromatic carbocycles. The van der Waals surface area contributed by atoms with Crippen LogP contribution in [0.25, 0.3) is 0 Å². The normalized spacial score (nSPS) is 21.6. The Balaban J connectivity index is 2.14. The summed E-state index contributed by atoms with van der Waals surface area (Å²) in [6.07, 6.45) is 2.04. The van der Waals surface area contributed by atoms with Gasteiger partial charge < -0.3 is 15.3 Å². The topological polar surface area (TPSA) is 52.6 Å². The molecule has 1 amide bonds. The van der Waals surface area contributed by atoms with Gasteiger partial charge in [0, 0.05) is 24.3 Å². The Kier molecular flexibility index (Phi) is 5.23. The molecule has 2 rings (SSSR count). The third-order valence-electron chi connectivity index (χ3n) is 4.37. The Morgan fingerprint density at radius 3 is 2.86 bits per heavy atom. The van der Waals surface area contributed by atoms with E-state index in [9.17, 15) is 9.90 Å². The first kappa shape index (κ1) is 15.8. The predicted molar refractivity (Wildman–Crippen MR) is 85.7 cm³/mol. The van der Waals surface area contributed by atoms with Crippen molar-refractivity contribution < 1.29 is 9.90 Å². The van der Waals surface area contributed by atoms with Crippen LogP contribution in [-0.2, 0) is 0 Å². The van der Waals surface area contributed by atoms with Crippen molar-refractivity contribution in [2.75, 3.05) is 25.0 Å². The minimum absolute atomic E-state index is 0.0311. The van der Waals surface area contributed by atoms with E-state index in [4.69, 9.17) is 0 Å². The summed E-state index contributed by atoms with van der Waals surface area (Å²) in [6.45, 7) is 7.96. The van der Waals surface area contributed by atoms with Gasteiger partial charge in [0.1, 0.15) is 0 Å². The number of carbonyl (C=O) groups is 1. The SMILES string of the molecule is CCCNc1ccc(C(=O)N2CCC(C)C2CO)cc1C. The number of carbonyl (C=O) groups excluding carboxylic acids is 1. The van der Waals surface area contributed by atoms with Crippen molar-refractivity contribution in [3.8, 4) is 0 Å². The molecule has 4 heteroatoms. The van der Waals surface area contributed by atoms with Crippen molar-refractivity contribution in [1.29, 1.82) is 0 Å². The van der Waals surface area contributed by atoms with E-state index in [-0.39, 0.29) is 18.6 Å². The van der Waals surface area contributed by atoms with E-state index in [1.54, 1.807) is 0 Å². The van der Waals surface area contributed by atoms with Gasteiger partial charge in [0.05, 0.1) is 12.6 Å². The van der Waals surface area contributed by atoms with Crippen molar-refractivity contribution in [2.45, 2.75) is 39.7 Å². The molecule has 1 aromatic rings. The molecular weight excluding hydrogens is 264 g/mol. The lowest BCUT2D eigenvalue weighted by atomic mass is 10.0. The number of benzene rings is 1. The highest BCUT2D eigenvalue weighted by Crippen LogP contribution is 2.26. The summed E-state index contributed by atoms with van der Waals surface area (Å²) >= 11 is 0. The van der Waals surface area contributed by atoms with Crippen molar-refractivity contribution in [1.82, 2.24) is 4.90 Å². The first-order valence-corrected chi connectivity index (χ1v) is 7.84. The standard InChI is InChI=1S/C17H26N2O2/c1-4-8-18-15-6-5-14(10-13(15)3)17(21)19-9-7-12(2)16(19)11-20/h5-6,10,12,16,18,20H,4,7-9,11H2,1-3H3. The van der Waals surface area contributed by atoms with Gasteiger partial charge in [0.15, 0.2) is 0 Å². The van der Waals surface area contributed by atoms with Crippen molar-refractivity contribution in [3.63, 3.8) is 0 Å². The van der Waals surface area contributed by atoms with Gasteiger partial charge in [-0.15, -0.1) is 0 Å². The van der Waals surface area contributed by atoms with Gasteiger partial charge >= 0.3 is 0 Å². The summed E-state index contributed by atoms with van der Waals surface area (Å²) in [4.78, 5) is 14.5. The minimum Gasteiger partial charge on any atom is -0.394 e. The van der Waals surface area contributed by atoms with Crippen molar-refractivity contribution >= 4 is 11.6 Å². The molecule has 2 atom stereocenters. The lowest BCUT2D eigenvalue weighted by molar-refractivity contribution is 0.0648. The molecule has 0 bridgehead atoms. The molecule has 1 aliphatic rings. The highest BCUT2D eigenvalue weighted by Gasteiger charge is 2.34. The second kappa shape index (κ2) is 6.94. The number of aryl methyl sites for hydroxylation is 1. The molecule has 116 valence electrons. The molecule has 0 aliphatic carbocycles. The Labute approximate surface area is 127 Å². The van der Waals surface area contributed by atoms with Gasteiger partial charge in [-0.1, -0.05) is 13.8 Å². The number of nitrogens with one attached hydrogen (secondary N) is 1. The number of anilines is 1. The van der Waals surface area contributed by atoms with Crippen LogP contribution in [0.5, 0.6) is 0 Å². The second-order valence-corrected chi connectivity index (χ2v) is 5.97. The molecule has 0 saturated carbocycles. The predicted octanol–water partition coefficient (Wildman–Crippen LogP) is 2.66. The number of hydrogen-bond donors (Lipinski definition) is 2. The van der Waals surface area contributed by atoms with Crippen molar-refractivity contribution in [3.05, 3.63) is 29.3 Å². The molecule has 0 radical (unpaired) electrons. The van der Waals surface area contributed by atoms with Gasteiger partial charge in [0.2, 0.25) is 0 Å². The minimum atomic E-state index is -0.0456. The van der Waals surface area contributed by atoms with Crippen LogP contribution in [0.4, 0.5) is 5.69 Å². The molecular formula is C17H26N2O2. The summed E-state index contributed by atoms with van der Waals surface area (Å²) in [5.41, 5.74) is 2.88. The third kappa shape index (κ3) is 3.38. The fraction of sp³-hybridized carbons (Fsp3) is 0.588. The smallest absolute Gasteiger partial charge is 0.254 e. The molecule has 1 fully saturated rings. The van der Waals surface area contributed by atoms with Crippen LogP contribution >= 0.6 is 0 Å². The second-order valence-electron chi connectivity index (χ2n) is 5.97. The number of rotatable bonds is 5. The summed E-state index contributed by atoms with van der Waals surface area (Å²) in [7, 11) is 0. The molecule has 0 aromatic heterocycles. The van der Waals surface area contributed by atoms with Crippen LogP contribution in [0.1, 0.15) is 42.6 Å². The van der Waals surface area contributed by atoms with E-state index in [0.29, 0.717) is 11.5 Å². The Hall–Kier alpha value is -1.55. The van der Waals surface area contributed by atoms with Crippen LogP contribution in [0, 0.1) is 12.8 Å². The zero-order valence-corrected chi connectivity index (χ0v) is 13.2. The molecule has 1 aliphatic heterocycles. The first-order valence-electron chi connectivity index (χ1n) is 7.84. The van der Waals surface area contributed by atoms with Crippen LogP contribution in [-0.4, -0.2) is 41.7 Å². The summed E-state index contributed by atoms with van der Waals surface area (Å²) in [6, 6.07) is 5.75. The zero-order valence-electron chi connectivity index (χ0n) is 13.2. The summed E-state index contributed by atoms with van der Waals surface area (Å²) < 4.78 is 0. The molecule has 2 N–H and O–H groups in total. The Morgan fingerprint density at radius 2 is 2.24 bits per heavy atom. The van der Waals surface area contributed by atoms with E-state index < -0.39 is 0 Å². The summed E-state index contributed by atoms with van der Waals surface area (Å²) in [5, 5.41) is 12.9. The average Bonchev–Trinajstić information content (AvgIpc) is 2.86. The first-order chi connectivity index (χ1) is 10.1. The van der Waals surface area contributed by atoms with E-state index >= 15 is 0 Å². The van der Waals surface area contributed by atoms with Crippen LogP contribution in [0.2, 0.25) is 0 Å². The molecule has 2 unspecified atom stereocenters. The lowest BCUT2D eigenvalue weighted by Crippen LogP contribution is -2.39. The van der Waals surface area contributed by atoms with Gasteiger partial charge in [-0.3, -0.25) is 4.79 Å². The fourth-order valence-electron chi connectivity index (χ4n) is 2.96. The van der Waals surface area contributed by atoms with Gasteiger partial charge in [0.25, 0.3) is 5.91 Å². The van der Waals surface area contributed by atoms with E-state index in [0.717, 1.165) is 37.2 Å². The highest BCUT2D eigenvalue weighted by atomic mass is 16.3. The molecule has 4 nitrogen and oxygen atoms in total. The Morgan fingerprint density at radius 1 is 1.48 bits per heavy atom. The van der Waals surface area contributed by atoms with Gasteiger partial charge in [-0.2, -0.15) is 0 Å². The maximum Gasteiger partial charge on any atom is 0.254 e. The maximum atomic E-state index is 12.6. The summed E-state index contributed by atoms with van der Waals surface area (Å²) in [5.74, 6) is 0.397. The van der Waals surface area contributed by atoms with Crippen molar-refractivity contribution in [2.24, 2.45) is 5.92 Å². The number of amides is 1. The number of hydrogen-bond acceptors (Lipinski definition) is 3. The number of nitrogens with zero attached hydrogens (tertiary/aromatic N) is 1. The largest absolute Gasteiger partial charge is 0.394 e. The van der Waals surface area contributed by atoms with Crippen LogP contribution in [0.15, 0.2) is 18.2 Å². The van der Waals surface area contributed by atoms with Gasteiger partial charge in [-0.05, 0) is 49.4 Å². The van der Waals surface area contributed by atoms with Crippen LogP contribution in [0.3, 0.4) is 0 Å². The lowest BCUT2D eigenvalue weighted by Gasteiger charge is -2.25. The highest BCUT2D eigenvalue weighted by molar-refractivity contribution is 5.95. The molecule has 1 heterocycles. The molecule has 1 saturated heterocycles. The van der Waals surface area contributed by atoms with E-state index in [1.807, 2.05) is 30.0 Å². The molecule has 0 spiro atoms.